The van der Waals surface area contributed by atoms with Crippen molar-refractivity contribution in [2.24, 2.45) is 0 Å². The molecule has 1 rings (SSSR count). The number of hydrogen-bond donors (Lipinski definition) is 0. The quantitative estimate of drug-likeness (QED) is 0.399. The molecule has 0 saturated carbocycles. The van der Waals surface area contributed by atoms with Crippen molar-refractivity contribution >= 4 is 0 Å². The van der Waals surface area contributed by atoms with Gasteiger partial charge in [-0.2, -0.15) is 0 Å². The summed E-state index contributed by atoms with van der Waals surface area (Å²) >= 11 is 0. The molecule has 0 N–H and O–H groups in total. The average molecular weight is 295 g/mol. The van der Waals surface area contributed by atoms with Crippen LogP contribution in [0.3, 0.4) is 0 Å². The molecule has 0 aromatic carbocycles. The fraction of sp³-hybridized carbons (Fsp3) is 0.895. The second-order valence-electron chi connectivity index (χ2n) is 6.52. The number of nitrogens with zero attached hydrogens (tertiary/aromatic N) is 2. The minimum absolute atomic E-state index is 0.648. The lowest BCUT2D eigenvalue weighted by atomic mass is 10.1. The molecule has 0 radical (unpaired) electrons. The Balaban J connectivity index is 2.35. The van der Waals surface area contributed by atoms with Crippen LogP contribution in [0.4, 0.5) is 0 Å². The molecule has 21 heavy (non-hydrogen) atoms. The van der Waals surface area contributed by atoms with Crippen LogP contribution in [-0.2, 0) is 0 Å². The van der Waals surface area contributed by atoms with Crippen LogP contribution < -0.4 is 0 Å². The largest absolute Gasteiger partial charge is 0.356 e. The van der Waals surface area contributed by atoms with Gasteiger partial charge in [-0.05, 0) is 25.7 Å². The van der Waals surface area contributed by atoms with Crippen molar-refractivity contribution in [2.75, 3.05) is 13.1 Å². The van der Waals surface area contributed by atoms with Crippen molar-refractivity contribution in [3.05, 3.63) is 12.4 Å². The molecule has 0 amide bonds. The SMILES string of the molecule is CCCCCCCC1N(CCCC)C=CN1CCCCC. The summed E-state index contributed by atoms with van der Waals surface area (Å²) in [6.45, 7) is 9.35. The van der Waals surface area contributed by atoms with Gasteiger partial charge in [-0.3, -0.25) is 0 Å². The molecule has 2 heteroatoms. The van der Waals surface area contributed by atoms with Gasteiger partial charge in [-0.1, -0.05) is 65.7 Å². The van der Waals surface area contributed by atoms with Crippen molar-refractivity contribution in [1.82, 2.24) is 9.80 Å². The van der Waals surface area contributed by atoms with Gasteiger partial charge in [0.15, 0.2) is 0 Å². The maximum absolute atomic E-state index is 2.60. The summed E-state index contributed by atoms with van der Waals surface area (Å²) in [5, 5.41) is 0. The minimum Gasteiger partial charge on any atom is -0.356 e. The van der Waals surface area contributed by atoms with Crippen LogP contribution in [-0.4, -0.2) is 29.1 Å². The van der Waals surface area contributed by atoms with E-state index in [0.29, 0.717) is 6.17 Å². The summed E-state index contributed by atoms with van der Waals surface area (Å²) in [4.78, 5) is 5.19. The molecule has 0 aromatic rings. The van der Waals surface area contributed by atoms with E-state index in [0.717, 1.165) is 0 Å². The topological polar surface area (TPSA) is 6.48 Å². The van der Waals surface area contributed by atoms with Crippen molar-refractivity contribution in [2.45, 2.75) is 97.6 Å². The Labute approximate surface area is 133 Å². The Kier molecular flexibility index (Phi) is 10.5. The molecule has 1 atom stereocenters. The Morgan fingerprint density at radius 2 is 1.14 bits per heavy atom. The van der Waals surface area contributed by atoms with E-state index in [4.69, 9.17) is 0 Å². The van der Waals surface area contributed by atoms with Gasteiger partial charge in [-0.25, -0.2) is 0 Å². The standard InChI is InChI=1S/C19H38N2/c1-4-7-10-11-12-14-19-20(15-9-6-3)17-18-21(19)16-13-8-5-2/h17-19H,4-16H2,1-3H3. The summed E-state index contributed by atoms with van der Waals surface area (Å²) in [5.74, 6) is 0. The lowest BCUT2D eigenvalue weighted by molar-refractivity contribution is 0.136. The highest BCUT2D eigenvalue weighted by molar-refractivity contribution is 4.96. The van der Waals surface area contributed by atoms with Crippen molar-refractivity contribution in [3.63, 3.8) is 0 Å². The molecule has 1 aliphatic heterocycles. The second-order valence-corrected chi connectivity index (χ2v) is 6.52. The maximum Gasteiger partial charge on any atom is 0.101 e. The van der Waals surface area contributed by atoms with Crippen LogP contribution in [0.1, 0.15) is 91.4 Å². The molecule has 0 bridgehead atoms. The molecule has 124 valence electrons. The third-order valence-electron chi connectivity index (χ3n) is 4.57. The van der Waals surface area contributed by atoms with Crippen LogP contribution in [0.5, 0.6) is 0 Å². The molecule has 2 nitrogen and oxygen atoms in total. The third-order valence-corrected chi connectivity index (χ3v) is 4.57. The molecule has 0 fully saturated rings. The van der Waals surface area contributed by atoms with Crippen LogP contribution >= 0.6 is 0 Å². The summed E-state index contributed by atoms with van der Waals surface area (Å²) in [5.41, 5.74) is 0. The summed E-state index contributed by atoms with van der Waals surface area (Å²) < 4.78 is 0. The molecule has 1 heterocycles. The molecule has 0 aliphatic carbocycles. The Morgan fingerprint density at radius 3 is 1.76 bits per heavy atom. The zero-order valence-electron chi connectivity index (χ0n) is 14.8. The van der Waals surface area contributed by atoms with E-state index in [2.05, 4.69) is 43.0 Å². The van der Waals surface area contributed by atoms with Gasteiger partial charge in [0.05, 0.1) is 0 Å². The summed E-state index contributed by atoms with van der Waals surface area (Å²) in [6, 6.07) is 0. The first-order valence-electron chi connectivity index (χ1n) is 9.53. The summed E-state index contributed by atoms with van der Waals surface area (Å²) in [7, 11) is 0. The van der Waals surface area contributed by atoms with E-state index in [1.54, 1.807) is 0 Å². The van der Waals surface area contributed by atoms with Crippen molar-refractivity contribution < 1.29 is 0 Å². The molecule has 1 unspecified atom stereocenters. The maximum atomic E-state index is 2.60. The van der Waals surface area contributed by atoms with E-state index in [-0.39, 0.29) is 0 Å². The van der Waals surface area contributed by atoms with Crippen LogP contribution in [0, 0.1) is 0 Å². The Hall–Kier alpha value is -0.660. The second kappa shape index (κ2) is 11.9. The first-order valence-corrected chi connectivity index (χ1v) is 9.53. The van der Waals surface area contributed by atoms with Gasteiger partial charge >= 0.3 is 0 Å². The fourth-order valence-corrected chi connectivity index (χ4v) is 3.15. The van der Waals surface area contributed by atoms with Crippen LogP contribution in [0.2, 0.25) is 0 Å². The average Bonchev–Trinajstić information content (AvgIpc) is 2.87. The van der Waals surface area contributed by atoms with E-state index in [9.17, 15) is 0 Å². The van der Waals surface area contributed by atoms with Gasteiger partial charge < -0.3 is 9.80 Å². The molecule has 0 aromatic heterocycles. The van der Waals surface area contributed by atoms with Gasteiger partial charge in [0.2, 0.25) is 0 Å². The monoisotopic (exact) mass is 294 g/mol. The molecule has 0 spiro atoms. The number of rotatable bonds is 13. The van der Waals surface area contributed by atoms with E-state index in [1.807, 2.05) is 0 Å². The Morgan fingerprint density at radius 1 is 0.619 bits per heavy atom. The first-order chi connectivity index (χ1) is 10.3. The van der Waals surface area contributed by atoms with Crippen molar-refractivity contribution in [1.29, 1.82) is 0 Å². The highest BCUT2D eigenvalue weighted by Gasteiger charge is 2.24. The van der Waals surface area contributed by atoms with Gasteiger partial charge in [-0.15, -0.1) is 0 Å². The summed E-state index contributed by atoms with van der Waals surface area (Å²) in [6.07, 6.45) is 20.3. The van der Waals surface area contributed by atoms with E-state index < -0.39 is 0 Å². The minimum atomic E-state index is 0.648. The number of hydrogen-bond acceptors (Lipinski definition) is 2. The third kappa shape index (κ3) is 7.24. The fourth-order valence-electron chi connectivity index (χ4n) is 3.15. The lowest BCUT2D eigenvalue weighted by Crippen LogP contribution is -2.39. The normalized spacial score (nSPS) is 18.0. The highest BCUT2D eigenvalue weighted by Crippen LogP contribution is 2.23. The molecule has 0 saturated heterocycles. The Bertz CT molecular complexity index is 262. The van der Waals surface area contributed by atoms with Gasteiger partial charge in [0.1, 0.15) is 6.17 Å². The lowest BCUT2D eigenvalue weighted by Gasteiger charge is -2.33. The van der Waals surface area contributed by atoms with Crippen LogP contribution in [0.25, 0.3) is 0 Å². The van der Waals surface area contributed by atoms with E-state index in [1.165, 1.54) is 83.7 Å². The molecule has 1 aliphatic rings. The number of unbranched alkanes of at least 4 members (excludes halogenated alkanes) is 7. The molecular weight excluding hydrogens is 256 g/mol. The van der Waals surface area contributed by atoms with E-state index >= 15 is 0 Å². The highest BCUT2D eigenvalue weighted by atomic mass is 15.4. The van der Waals surface area contributed by atoms with Crippen LogP contribution in [0.15, 0.2) is 12.4 Å². The zero-order chi connectivity index (χ0) is 15.3. The smallest absolute Gasteiger partial charge is 0.101 e. The first kappa shape index (κ1) is 18.4. The van der Waals surface area contributed by atoms with Gasteiger partial charge in [0.25, 0.3) is 0 Å². The predicted octanol–water partition coefficient (Wildman–Crippen LogP) is 5.75. The van der Waals surface area contributed by atoms with Crippen molar-refractivity contribution in [3.8, 4) is 0 Å². The zero-order valence-corrected chi connectivity index (χ0v) is 14.8. The predicted molar refractivity (Wildman–Crippen MR) is 94.1 cm³/mol. The van der Waals surface area contributed by atoms with Gasteiger partial charge in [0, 0.05) is 25.5 Å². The molecular formula is C19H38N2.